The van der Waals surface area contributed by atoms with Crippen LogP contribution in [0.3, 0.4) is 0 Å². The van der Waals surface area contributed by atoms with Gasteiger partial charge in [-0.3, -0.25) is 4.79 Å². The highest BCUT2D eigenvalue weighted by atomic mass is 32.2. The van der Waals surface area contributed by atoms with Crippen molar-refractivity contribution in [3.8, 4) is 11.5 Å². The fraction of sp³-hybridized carbons (Fsp3) is 0.423. The molecule has 2 aromatic carbocycles. The molecule has 0 unspecified atom stereocenters. The molecule has 1 N–H and O–H groups in total. The molecule has 2 atom stereocenters. The van der Waals surface area contributed by atoms with Gasteiger partial charge in [-0.25, -0.2) is 4.68 Å². The monoisotopic (exact) mass is 554 g/mol. The van der Waals surface area contributed by atoms with Crippen molar-refractivity contribution in [2.45, 2.75) is 38.3 Å². The van der Waals surface area contributed by atoms with Gasteiger partial charge < -0.3 is 19.5 Å². The molecule has 1 saturated heterocycles. The standard InChI is InChI=1S/C26H30N6O6S/c1-36-23-7-6-19-12-24(23)37-11-10-30-14-21(28-29-30)17-38-25-16-32(15-22(25)27-26(19)33)39(34,35)31-9-8-18-4-2-3-5-20(18)13-31/h2-7,12,14,22,25H,8-11,13,15-17H2,1H3,(H,27,33)/t22-,25-/m0/s1. The zero-order valence-corrected chi connectivity index (χ0v) is 22.3. The van der Waals surface area contributed by atoms with Gasteiger partial charge in [0, 0.05) is 31.7 Å². The largest absolute Gasteiger partial charge is 0.493 e. The summed E-state index contributed by atoms with van der Waals surface area (Å²) in [6.45, 7) is 1.77. The van der Waals surface area contributed by atoms with E-state index in [1.165, 1.54) is 21.3 Å². The maximum Gasteiger partial charge on any atom is 0.282 e. The van der Waals surface area contributed by atoms with Gasteiger partial charge in [0.15, 0.2) is 11.5 Å². The van der Waals surface area contributed by atoms with Crippen molar-refractivity contribution in [3.05, 3.63) is 71.0 Å². The second-order valence-corrected chi connectivity index (χ2v) is 11.7. The van der Waals surface area contributed by atoms with E-state index in [4.69, 9.17) is 14.2 Å². The van der Waals surface area contributed by atoms with E-state index >= 15 is 0 Å². The van der Waals surface area contributed by atoms with Crippen molar-refractivity contribution in [3.63, 3.8) is 0 Å². The minimum Gasteiger partial charge on any atom is -0.493 e. The van der Waals surface area contributed by atoms with E-state index in [1.54, 1.807) is 29.1 Å². The van der Waals surface area contributed by atoms with Gasteiger partial charge in [-0.1, -0.05) is 29.5 Å². The molecule has 0 aliphatic carbocycles. The van der Waals surface area contributed by atoms with Crippen LogP contribution in [-0.4, -0.2) is 83.4 Å². The Labute approximate surface area is 226 Å². The van der Waals surface area contributed by atoms with Crippen molar-refractivity contribution in [1.29, 1.82) is 0 Å². The van der Waals surface area contributed by atoms with Gasteiger partial charge in [0.05, 0.1) is 38.6 Å². The number of fused-ring (bicyclic) bond motifs is 6. The summed E-state index contributed by atoms with van der Waals surface area (Å²) in [5.74, 6) is 0.568. The Hall–Kier alpha value is -3.52. The molecule has 3 aliphatic heterocycles. The van der Waals surface area contributed by atoms with Crippen molar-refractivity contribution in [1.82, 2.24) is 28.9 Å². The maximum atomic E-state index is 13.7. The normalized spacial score (nSPS) is 22.5. The second-order valence-electron chi connectivity index (χ2n) is 9.79. The Bertz CT molecular complexity index is 1480. The summed E-state index contributed by atoms with van der Waals surface area (Å²) in [5, 5.41) is 11.3. The molecule has 3 aromatic rings. The molecule has 12 nitrogen and oxygen atoms in total. The van der Waals surface area contributed by atoms with Crippen LogP contribution < -0.4 is 14.8 Å². The van der Waals surface area contributed by atoms with Gasteiger partial charge in [-0.05, 0) is 35.7 Å². The van der Waals surface area contributed by atoms with Crippen molar-refractivity contribution >= 4 is 16.1 Å². The molecule has 39 heavy (non-hydrogen) atoms. The van der Waals surface area contributed by atoms with Crippen LogP contribution in [-0.2, 0) is 41.1 Å². The summed E-state index contributed by atoms with van der Waals surface area (Å²) in [6, 6.07) is 12.3. The zero-order valence-electron chi connectivity index (χ0n) is 21.5. The Morgan fingerprint density at radius 2 is 1.92 bits per heavy atom. The second kappa shape index (κ2) is 10.6. The number of rotatable bonds is 3. The molecule has 1 fully saturated rings. The van der Waals surface area contributed by atoms with Crippen molar-refractivity contribution in [2.24, 2.45) is 0 Å². The first-order valence-electron chi connectivity index (χ1n) is 12.8. The van der Waals surface area contributed by atoms with E-state index in [0.717, 1.165) is 5.56 Å². The number of nitrogens with zero attached hydrogens (tertiary/aromatic N) is 5. The molecular weight excluding hydrogens is 524 g/mol. The quantitative estimate of drug-likeness (QED) is 0.508. The van der Waals surface area contributed by atoms with E-state index < -0.39 is 22.4 Å². The number of nitrogens with one attached hydrogen (secondary N) is 1. The van der Waals surface area contributed by atoms with E-state index in [9.17, 15) is 13.2 Å². The predicted octanol–water partition coefficient (Wildman–Crippen LogP) is 0.982. The molecule has 1 amide bonds. The Morgan fingerprint density at radius 1 is 1.08 bits per heavy atom. The van der Waals surface area contributed by atoms with Gasteiger partial charge >= 0.3 is 0 Å². The summed E-state index contributed by atoms with van der Waals surface area (Å²) < 4.78 is 49.4. The molecule has 6 rings (SSSR count). The third kappa shape index (κ3) is 5.22. The summed E-state index contributed by atoms with van der Waals surface area (Å²) in [7, 11) is -2.26. The molecule has 1 aromatic heterocycles. The fourth-order valence-electron chi connectivity index (χ4n) is 5.20. The molecule has 206 valence electrons. The molecule has 0 radical (unpaired) electrons. The number of carbonyl (C=O) groups excluding carboxylic acids is 1. The van der Waals surface area contributed by atoms with Crippen LogP contribution in [0.15, 0.2) is 48.7 Å². The van der Waals surface area contributed by atoms with Crippen LogP contribution in [0.25, 0.3) is 0 Å². The third-order valence-electron chi connectivity index (χ3n) is 7.33. The molecule has 0 spiro atoms. The number of hydrogen-bond acceptors (Lipinski definition) is 8. The topological polar surface area (TPSA) is 128 Å². The lowest BCUT2D eigenvalue weighted by Crippen LogP contribution is -2.46. The van der Waals surface area contributed by atoms with Crippen LogP contribution in [0.1, 0.15) is 27.2 Å². The Kier molecular flexibility index (Phi) is 6.97. The van der Waals surface area contributed by atoms with Crippen molar-refractivity contribution < 1.29 is 27.4 Å². The lowest BCUT2D eigenvalue weighted by Gasteiger charge is -2.31. The van der Waals surface area contributed by atoms with Gasteiger partial charge in [0.1, 0.15) is 12.3 Å². The van der Waals surface area contributed by atoms with E-state index in [2.05, 4.69) is 15.6 Å². The lowest BCUT2D eigenvalue weighted by molar-refractivity contribution is 0.0320. The SMILES string of the molecule is COc1ccc2cc1OCCn1cc(nn1)CO[C@H]1CN(S(=O)(=O)N3CCc4ccccc4C3)C[C@@H]1NC2=O. The highest BCUT2D eigenvalue weighted by molar-refractivity contribution is 7.86. The van der Waals surface area contributed by atoms with Crippen LogP contribution in [0, 0.1) is 0 Å². The average molecular weight is 555 g/mol. The predicted molar refractivity (Wildman–Crippen MR) is 139 cm³/mol. The maximum absolute atomic E-state index is 13.7. The lowest BCUT2D eigenvalue weighted by atomic mass is 10.0. The number of aromatic nitrogens is 3. The number of carbonyl (C=O) groups is 1. The Balaban J connectivity index is 1.26. The summed E-state index contributed by atoms with van der Waals surface area (Å²) in [6.07, 6.45) is 1.84. The summed E-state index contributed by atoms with van der Waals surface area (Å²) in [5.41, 5.74) is 3.14. The van der Waals surface area contributed by atoms with Gasteiger partial charge in [0.25, 0.3) is 16.1 Å². The van der Waals surface area contributed by atoms with Crippen LogP contribution in [0.4, 0.5) is 0 Å². The van der Waals surface area contributed by atoms with Crippen LogP contribution >= 0.6 is 0 Å². The molecule has 4 heterocycles. The first-order chi connectivity index (χ1) is 18.9. The van der Waals surface area contributed by atoms with Gasteiger partial charge in [-0.15, -0.1) is 5.10 Å². The Morgan fingerprint density at radius 3 is 2.77 bits per heavy atom. The van der Waals surface area contributed by atoms with Gasteiger partial charge in [-0.2, -0.15) is 17.0 Å². The number of hydrogen-bond donors (Lipinski definition) is 1. The molecule has 4 bridgehead atoms. The average Bonchev–Trinajstić information content (AvgIpc) is 3.58. The number of amides is 1. The van der Waals surface area contributed by atoms with Crippen LogP contribution in [0.2, 0.25) is 0 Å². The fourth-order valence-corrected chi connectivity index (χ4v) is 6.84. The zero-order chi connectivity index (χ0) is 27.0. The highest BCUT2D eigenvalue weighted by Gasteiger charge is 2.43. The van der Waals surface area contributed by atoms with Crippen LogP contribution in [0.5, 0.6) is 11.5 Å². The minimum atomic E-state index is -3.79. The third-order valence-corrected chi connectivity index (χ3v) is 9.25. The number of benzene rings is 2. The summed E-state index contributed by atoms with van der Waals surface area (Å²) >= 11 is 0. The molecule has 0 saturated carbocycles. The molecular formula is C26H30N6O6S. The van der Waals surface area contributed by atoms with E-state index in [1.807, 2.05) is 24.3 Å². The number of ether oxygens (including phenoxy) is 3. The molecule has 3 aliphatic rings. The number of methoxy groups -OCH3 is 1. The first-order valence-corrected chi connectivity index (χ1v) is 14.2. The van der Waals surface area contributed by atoms with Gasteiger partial charge in [0.2, 0.25) is 0 Å². The first kappa shape index (κ1) is 25.7. The molecule has 13 heteroatoms. The smallest absolute Gasteiger partial charge is 0.282 e. The van der Waals surface area contributed by atoms with E-state index in [-0.39, 0.29) is 25.6 Å². The highest BCUT2D eigenvalue weighted by Crippen LogP contribution is 2.29. The minimum absolute atomic E-state index is 0.0864. The van der Waals surface area contributed by atoms with E-state index in [0.29, 0.717) is 55.4 Å². The summed E-state index contributed by atoms with van der Waals surface area (Å²) in [4.78, 5) is 13.3. The van der Waals surface area contributed by atoms with Crippen molar-refractivity contribution in [2.75, 3.05) is 33.4 Å².